The van der Waals surface area contributed by atoms with Crippen LogP contribution in [0.2, 0.25) is 0 Å². The van der Waals surface area contributed by atoms with Gasteiger partial charge in [-0.05, 0) is 6.07 Å². The topological polar surface area (TPSA) is 58.8 Å². The lowest BCUT2D eigenvalue weighted by Gasteiger charge is -2.37. The predicted octanol–water partition coefficient (Wildman–Crippen LogP) is 0.469. The fourth-order valence-corrected chi connectivity index (χ4v) is 2.46. The summed E-state index contributed by atoms with van der Waals surface area (Å²) in [4.78, 5) is 15.7. The lowest BCUT2D eigenvalue weighted by atomic mass is 10.0. The van der Waals surface area contributed by atoms with Crippen molar-refractivity contribution in [1.82, 2.24) is 9.80 Å². The van der Waals surface area contributed by atoms with Gasteiger partial charge in [0.25, 0.3) is 0 Å². The highest BCUT2D eigenvalue weighted by molar-refractivity contribution is 5.78. The van der Waals surface area contributed by atoms with E-state index in [0.29, 0.717) is 13.1 Å². The summed E-state index contributed by atoms with van der Waals surface area (Å²) < 4.78 is 5.39. The van der Waals surface area contributed by atoms with Gasteiger partial charge in [0.05, 0.1) is 19.7 Å². The van der Waals surface area contributed by atoms with Gasteiger partial charge in [-0.25, -0.2) is 0 Å². The third-order valence-electron chi connectivity index (χ3n) is 3.65. The number of hydrogen-bond acceptors (Lipinski definition) is 4. The summed E-state index contributed by atoms with van der Waals surface area (Å²) in [5, 5.41) is 0. The number of hydrogen-bond donors (Lipinski definition) is 1. The Balaban J connectivity index is 2.22. The van der Waals surface area contributed by atoms with Crippen LogP contribution in [0.25, 0.3) is 0 Å². The van der Waals surface area contributed by atoms with Gasteiger partial charge in [-0.3, -0.25) is 9.69 Å². The molecule has 2 rings (SSSR count). The molecular weight excluding hydrogens is 242 g/mol. The minimum atomic E-state index is 0.0220. The van der Waals surface area contributed by atoms with Crippen LogP contribution < -0.4 is 10.5 Å². The number of likely N-dealkylation sites (N-methyl/N-ethyl adjacent to an activating group) is 1. The number of para-hydroxylation sites is 1. The molecule has 0 aliphatic carbocycles. The van der Waals surface area contributed by atoms with Crippen molar-refractivity contribution in [2.24, 2.45) is 5.73 Å². The molecule has 1 aliphatic rings. The Morgan fingerprint density at radius 3 is 2.74 bits per heavy atom. The average molecular weight is 263 g/mol. The van der Waals surface area contributed by atoms with Crippen LogP contribution in [0.5, 0.6) is 5.75 Å². The lowest BCUT2D eigenvalue weighted by molar-refractivity contribution is -0.135. The molecule has 2 N–H and O–H groups in total. The Kier molecular flexibility index (Phi) is 4.39. The number of carbonyl (C=O) groups is 1. The Bertz CT molecular complexity index is 450. The fourth-order valence-electron chi connectivity index (χ4n) is 2.46. The van der Waals surface area contributed by atoms with Gasteiger partial charge in [0.1, 0.15) is 5.75 Å². The van der Waals surface area contributed by atoms with Gasteiger partial charge in [0.2, 0.25) is 5.91 Å². The van der Waals surface area contributed by atoms with E-state index in [9.17, 15) is 4.79 Å². The first-order chi connectivity index (χ1) is 9.17. The molecule has 1 heterocycles. The summed E-state index contributed by atoms with van der Waals surface area (Å²) in [7, 11) is 3.49. The molecule has 0 spiro atoms. The molecule has 0 radical (unpaired) electrons. The summed E-state index contributed by atoms with van der Waals surface area (Å²) in [6.07, 6.45) is 0. The van der Waals surface area contributed by atoms with E-state index in [-0.39, 0.29) is 11.9 Å². The molecule has 1 fully saturated rings. The van der Waals surface area contributed by atoms with Gasteiger partial charge >= 0.3 is 0 Å². The quantitative estimate of drug-likeness (QED) is 0.858. The normalized spacial score (nSPS) is 18.5. The summed E-state index contributed by atoms with van der Waals surface area (Å²) in [6.45, 7) is 2.46. The van der Waals surface area contributed by atoms with E-state index in [4.69, 9.17) is 10.5 Å². The minimum absolute atomic E-state index is 0.0220. The first kappa shape index (κ1) is 13.8. The van der Waals surface area contributed by atoms with Crippen LogP contribution in [0, 0.1) is 0 Å². The SMILES string of the molecule is COc1ccccc1C(CN)N1CCN(C)C(=O)C1. The first-order valence-corrected chi connectivity index (χ1v) is 6.48. The second kappa shape index (κ2) is 6.04. The molecule has 0 bridgehead atoms. The number of methoxy groups -OCH3 is 1. The van der Waals surface area contributed by atoms with Gasteiger partial charge in [-0.1, -0.05) is 18.2 Å². The second-order valence-corrected chi connectivity index (χ2v) is 4.78. The summed E-state index contributed by atoms with van der Waals surface area (Å²) in [5.74, 6) is 0.962. The molecule has 1 aliphatic heterocycles. The van der Waals surface area contributed by atoms with Crippen LogP contribution in [0.1, 0.15) is 11.6 Å². The molecule has 1 atom stereocenters. The maximum atomic E-state index is 11.8. The predicted molar refractivity (Wildman–Crippen MR) is 74.0 cm³/mol. The van der Waals surface area contributed by atoms with Crippen LogP contribution >= 0.6 is 0 Å². The zero-order valence-corrected chi connectivity index (χ0v) is 11.5. The molecule has 0 aromatic heterocycles. The van der Waals surface area contributed by atoms with Crippen molar-refractivity contribution in [3.05, 3.63) is 29.8 Å². The molecular formula is C14H21N3O2. The Hall–Kier alpha value is -1.59. The Morgan fingerprint density at radius 2 is 2.11 bits per heavy atom. The van der Waals surface area contributed by atoms with E-state index in [0.717, 1.165) is 24.4 Å². The number of nitrogens with zero attached hydrogens (tertiary/aromatic N) is 2. The minimum Gasteiger partial charge on any atom is -0.496 e. The number of rotatable bonds is 4. The smallest absolute Gasteiger partial charge is 0.236 e. The highest BCUT2D eigenvalue weighted by atomic mass is 16.5. The Labute approximate surface area is 113 Å². The van der Waals surface area contributed by atoms with Crippen LogP contribution in [-0.2, 0) is 4.79 Å². The second-order valence-electron chi connectivity index (χ2n) is 4.78. The summed E-state index contributed by atoms with van der Waals surface area (Å²) in [6, 6.07) is 7.87. The number of nitrogens with two attached hydrogens (primary N) is 1. The van der Waals surface area contributed by atoms with Crippen molar-refractivity contribution in [3.63, 3.8) is 0 Å². The highest BCUT2D eigenvalue weighted by Gasteiger charge is 2.28. The monoisotopic (exact) mass is 263 g/mol. The van der Waals surface area contributed by atoms with Crippen molar-refractivity contribution >= 4 is 5.91 Å². The highest BCUT2D eigenvalue weighted by Crippen LogP contribution is 2.29. The zero-order chi connectivity index (χ0) is 13.8. The zero-order valence-electron chi connectivity index (χ0n) is 11.5. The molecule has 1 amide bonds. The number of piperazine rings is 1. The molecule has 0 saturated carbocycles. The maximum Gasteiger partial charge on any atom is 0.236 e. The standard InChI is InChI=1S/C14H21N3O2/c1-16-7-8-17(10-14(16)18)12(9-15)11-5-3-4-6-13(11)19-2/h3-6,12H,7-10,15H2,1-2H3. The summed E-state index contributed by atoms with van der Waals surface area (Å²) >= 11 is 0. The molecule has 5 nitrogen and oxygen atoms in total. The van der Waals surface area contributed by atoms with E-state index in [2.05, 4.69) is 4.90 Å². The molecule has 5 heteroatoms. The van der Waals surface area contributed by atoms with Crippen molar-refractivity contribution in [2.75, 3.05) is 40.3 Å². The van der Waals surface area contributed by atoms with E-state index in [1.807, 2.05) is 31.3 Å². The van der Waals surface area contributed by atoms with Gasteiger partial charge < -0.3 is 15.4 Å². The van der Waals surface area contributed by atoms with Gasteiger partial charge in [0, 0.05) is 32.2 Å². The van der Waals surface area contributed by atoms with Gasteiger partial charge in [-0.15, -0.1) is 0 Å². The average Bonchev–Trinajstić information content (AvgIpc) is 2.44. The van der Waals surface area contributed by atoms with Crippen LogP contribution in [0.4, 0.5) is 0 Å². The molecule has 1 aromatic carbocycles. The van der Waals surface area contributed by atoms with Crippen molar-refractivity contribution in [3.8, 4) is 5.75 Å². The van der Waals surface area contributed by atoms with Crippen LogP contribution in [0.3, 0.4) is 0 Å². The number of benzene rings is 1. The molecule has 1 aromatic rings. The van der Waals surface area contributed by atoms with Crippen molar-refractivity contribution in [2.45, 2.75) is 6.04 Å². The maximum absolute atomic E-state index is 11.8. The van der Waals surface area contributed by atoms with E-state index in [1.165, 1.54) is 0 Å². The number of amides is 1. The first-order valence-electron chi connectivity index (χ1n) is 6.48. The summed E-state index contributed by atoms with van der Waals surface area (Å²) in [5.41, 5.74) is 6.96. The van der Waals surface area contributed by atoms with Crippen molar-refractivity contribution in [1.29, 1.82) is 0 Å². The van der Waals surface area contributed by atoms with E-state index < -0.39 is 0 Å². The van der Waals surface area contributed by atoms with Crippen LogP contribution in [0.15, 0.2) is 24.3 Å². The van der Waals surface area contributed by atoms with Crippen molar-refractivity contribution < 1.29 is 9.53 Å². The van der Waals surface area contributed by atoms with E-state index in [1.54, 1.807) is 12.0 Å². The van der Waals surface area contributed by atoms with Crippen LogP contribution in [-0.4, -0.2) is 56.0 Å². The third kappa shape index (κ3) is 2.88. The molecule has 104 valence electrons. The molecule has 1 saturated heterocycles. The Morgan fingerprint density at radius 1 is 1.37 bits per heavy atom. The lowest BCUT2D eigenvalue weighted by Crippen LogP contribution is -2.50. The number of carbonyl (C=O) groups excluding carboxylic acids is 1. The van der Waals surface area contributed by atoms with Gasteiger partial charge in [0.15, 0.2) is 0 Å². The molecule has 19 heavy (non-hydrogen) atoms. The third-order valence-corrected chi connectivity index (χ3v) is 3.65. The fraction of sp³-hybridized carbons (Fsp3) is 0.500. The molecule has 1 unspecified atom stereocenters. The van der Waals surface area contributed by atoms with E-state index >= 15 is 0 Å². The largest absolute Gasteiger partial charge is 0.496 e. The number of ether oxygens (including phenoxy) is 1. The van der Waals surface area contributed by atoms with Gasteiger partial charge in [-0.2, -0.15) is 0 Å².